The third-order valence-corrected chi connectivity index (χ3v) is 6.56. The predicted octanol–water partition coefficient (Wildman–Crippen LogP) is 1.42. The van der Waals surface area contributed by atoms with Gasteiger partial charge in [0.1, 0.15) is 24.2 Å². The molecule has 0 aliphatic carbocycles. The molecule has 0 saturated carbocycles. The summed E-state index contributed by atoms with van der Waals surface area (Å²) in [5, 5.41) is 18.7. The Bertz CT molecular complexity index is 950. The van der Waals surface area contributed by atoms with Gasteiger partial charge in [-0.05, 0) is 54.8 Å². The van der Waals surface area contributed by atoms with Crippen molar-refractivity contribution >= 4 is 15.9 Å². The number of piperidine rings is 1. The number of nitrogens with one attached hydrogen (secondary N) is 1. The highest BCUT2D eigenvalue weighted by atomic mass is 32.2. The van der Waals surface area contributed by atoms with E-state index in [0.29, 0.717) is 5.75 Å². The molecule has 156 valence electrons. The first-order valence-electron chi connectivity index (χ1n) is 8.92. The second-order valence-corrected chi connectivity index (χ2v) is 8.57. The number of halogens is 1. The van der Waals surface area contributed by atoms with Gasteiger partial charge in [-0.3, -0.25) is 10.0 Å². The average molecular weight is 424 g/mol. The number of aliphatic hydroxyl groups is 1. The number of carbonyl (C=O) groups excluding carboxylic acids is 1. The monoisotopic (exact) mass is 424 g/mol. The van der Waals surface area contributed by atoms with Gasteiger partial charge in [-0.15, -0.1) is 0 Å². The maximum Gasteiger partial charge on any atom is 0.261 e. The molecule has 0 radical (unpaired) electrons. The maximum absolute atomic E-state index is 13.0. The summed E-state index contributed by atoms with van der Waals surface area (Å²) in [7, 11) is -4.08. The zero-order chi connectivity index (χ0) is 21.0. The van der Waals surface area contributed by atoms with Gasteiger partial charge in [-0.25, -0.2) is 18.3 Å². The van der Waals surface area contributed by atoms with E-state index >= 15 is 0 Å². The van der Waals surface area contributed by atoms with E-state index < -0.39 is 28.1 Å². The molecule has 1 fully saturated rings. The highest BCUT2D eigenvalue weighted by Gasteiger charge is 2.40. The van der Waals surface area contributed by atoms with Crippen molar-refractivity contribution in [1.29, 1.82) is 0 Å². The van der Waals surface area contributed by atoms with Crippen LogP contribution in [0.5, 0.6) is 5.75 Å². The summed E-state index contributed by atoms with van der Waals surface area (Å²) in [5.41, 5.74) is 2.23. The second-order valence-electron chi connectivity index (χ2n) is 6.68. The molecule has 0 unspecified atom stereocenters. The molecule has 0 spiro atoms. The van der Waals surface area contributed by atoms with E-state index in [2.05, 4.69) is 0 Å². The van der Waals surface area contributed by atoms with E-state index in [-0.39, 0.29) is 36.7 Å². The van der Waals surface area contributed by atoms with Gasteiger partial charge in [0.2, 0.25) is 10.0 Å². The number of benzene rings is 2. The van der Waals surface area contributed by atoms with E-state index in [1.54, 1.807) is 12.1 Å². The van der Waals surface area contributed by atoms with Crippen molar-refractivity contribution < 1.29 is 32.7 Å². The van der Waals surface area contributed by atoms with E-state index in [1.165, 1.54) is 41.9 Å². The van der Waals surface area contributed by atoms with Crippen molar-refractivity contribution in [2.24, 2.45) is 0 Å². The van der Waals surface area contributed by atoms with Crippen LogP contribution in [-0.2, 0) is 21.4 Å². The third-order valence-electron chi connectivity index (χ3n) is 4.67. The Kier molecular flexibility index (Phi) is 6.48. The van der Waals surface area contributed by atoms with Gasteiger partial charge in [0.25, 0.3) is 5.91 Å². The van der Waals surface area contributed by atoms with Crippen LogP contribution in [0.3, 0.4) is 0 Å². The highest BCUT2D eigenvalue weighted by molar-refractivity contribution is 7.89. The standard InChI is InChI=1S/C19H21FN2O6S/c20-14-3-1-13(2-4-14)12-28-16-6-8-17(9-7-16)29(26,27)22-11-15(23)5-10-18(22)19(24)21-25/h1-4,6-9,15,18,23,25H,5,10-12H2,(H,21,24)/t15-,18-/m1/s1. The summed E-state index contributed by atoms with van der Waals surface area (Å²) in [6.07, 6.45) is -0.558. The molecule has 3 N–H and O–H groups in total. The molecule has 1 amide bonds. The minimum atomic E-state index is -4.08. The maximum atomic E-state index is 13.0. The van der Waals surface area contributed by atoms with Crippen molar-refractivity contribution in [2.75, 3.05) is 6.54 Å². The number of rotatable bonds is 6. The molecule has 1 aliphatic rings. The Hall–Kier alpha value is -2.53. The molecule has 1 heterocycles. The van der Waals surface area contributed by atoms with Crippen LogP contribution in [0.2, 0.25) is 0 Å². The highest BCUT2D eigenvalue weighted by Crippen LogP contribution is 2.27. The van der Waals surface area contributed by atoms with Crippen LogP contribution in [0, 0.1) is 5.82 Å². The number of ether oxygens (including phenoxy) is 1. The van der Waals surface area contributed by atoms with Crippen LogP contribution < -0.4 is 10.2 Å². The fourth-order valence-electron chi connectivity index (χ4n) is 3.11. The molecule has 2 atom stereocenters. The van der Waals surface area contributed by atoms with E-state index in [0.717, 1.165) is 9.87 Å². The van der Waals surface area contributed by atoms with Crippen LogP contribution in [0.25, 0.3) is 0 Å². The van der Waals surface area contributed by atoms with Crippen molar-refractivity contribution in [2.45, 2.75) is 36.5 Å². The molecule has 10 heteroatoms. The number of hydrogen-bond donors (Lipinski definition) is 3. The van der Waals surface area contributed by atoms with Gasteiger partial charge in [-0.1, -0.05) is 12.1 Å². The molecule has 2 aromatic carbocycles. The normalized spacial score (nSPS) is 20.2. The molecule has 1 saturated heterocycles. The van der Waals surface area contributed by atoms with E-state index in [1.807, 2.05) is 0 Å². The first-order valence-corrected chi connectivity index (χ1v) is 10.4. The Morgan fingerprint density at radius 1 is 1.14 bits per heavy atom. The van der Waals surface area contributed by atoms with E-state index in [9.17, 15) is 22.7 Å². The molecule has 2 aromatic rings. The smallest absolute Gasteiger partial charge is 0.261 e. The van der Waals surface area contributed by atoms with Crippen LogP contribution in [0.15, 0.2) is 53.4 Å². The minimum Gasteiger partial charge on any atom is -0.489 e. The molecule has 0 aromatic heterocycles. The first-order chi connectivity index (χ1) is 13.8. The number of β-amino-alcohol motifs (C(OH)–C–C–N with tert-alkyl or cyclic N) is 1. The largest absolute Gasteiger partial charge is 0.489 e. The molecule has 29 heavy (non-hydrogen) atoms. The Morgan fingerprint density at radius 3 is 2.41 bits per heavy atom. The van der Waals surface area contributed by atoms with Gasteiger partial charge >= 0.3 is 0 Å². The van der Waals surface area contributed by atoms with Gasteiger partial charge in [0.15, 0.2) is 0 Å². The van der Waals surface area contributed by atoms with Gasteiger partial charge in [0, 0.05) is 6.54 Å². The van der Waals surface area contributed by atoms with Crippen LogP contribution in [0.1, 0.15) is 18.4 Å². The fraction of sp³-hybridized carbons (Fsp3) is 0.316. The van der Waals surface area contributed by atoms with Gasteiger partial charge < -0.3 is 9.84 Å². The van der Waals surface area contributed by atoms with Crippen LogP contribution in [-0.4, -0.2) is 47.6 Å². The molecule has 3 rings (SSSR count). The van der Waals surface area contributed by atoms with Crippen molar-refractivity contribution in [3.63, 3.8) is 0 Å². The SMILES string of the molecule is O=C(NO)[C@H]1CC[C@@H](O)CN1S(=O)(=O)c1ccc(OCc2ccc(F)cc2)cc1. The number of aliphatic hydroxyl groups excluding tert-OH is 1. The third kappa shape index (κ3) is 4.91. The number of hydrogen-bond acceptors (Lipinski definition) is 6. The lowest BCUT2D eigenvalue weighted by Crippen LogP contribution is -2.54. The molecule has 1 aliphatic heterocycles. The Labute approximate surface area is 167 Å². The predicted molar refractivity (Wildman–Crippen MR) is 100 cm³/mol. The number of carbonyl (C=O) groups is 1. The first kappa shape index (κ1) is 21.2. The van der Waals surface area contributed by atoms with Gasteiger partial charge in [0.05, 0.1) is 11.0 Å². The Morgan fingerprint density at radius 2 is 1.79 bits per heavy atom. The molecular weight excluding hydrogens is 403 g/mol. The summed E-state index contributed by atoms with van der Waals surface area (Å²) in [6, 6.07) is 10.3. The second kappa shape index (κ2) is 8.87. The Balaban J connectivity index is 1.74. The quantitative estimate of drug-likeness (QED) is 0.477. The van der Waals surface area contributed by atoms with Gasteiger partial charge in [-0.2, -0.15) is 4.31 Å². The van der Waals surface area contributed by atoms with Crippen molar-refractivity contribution in [3.8, 4) is 5.75 Å². The minimum absolute atomic E-state index is 0.0727. The molecular formula is C19H21FN2O6S. The zero-order valence-electron chi connectivity index (χ0n) is 15.4. The lowest BCUT2D eigenvalue weighted by Gasteiger charge is -2.35. The van der Waals surface area contributed by atoms with Crippen molar-refractivity contribution in [3.05, 3.63) is 59.9 Å². The van der Waals surface area contributed by atoms with Crippen molar-refractivity contribution in [1.82, 2.24) is 9.79 Å². The number of hydroxylamine groups is 1. The number of amides is 1. The lowest BCUT2D eigenvalue weighted by molar-refractivity contribution is -0.135. The molecule has 8 nitrogen and oxygen atoms in total. The fourth-order valence-corrected chi connectivity index (χ4v) is 4.77. The summed E-state index contributed by atoms with van der Waals surface area (Å²) in [6.45, 7) is -0.0628. The average Bonchev–Trinajstić information content (AvgIpc) is 2.73. The number of sulfonamides is 1. The summed E-state index contributed by atoms with van der Waals surface area (Å²) in [4.78, 5) is 11.8. The summed E-state index contributed by atoms with van der Waals surface area (Å²) < 4.78 is 45.3. The molecule has 0 bridgehead atoms. The number of nitrogens with zero attached hydrogens (tertiary/aromatic N) is 1. The summed E-state index contributed by atoms with van der Waals surface area (Å²) in [5.74, 6) is -0.782. The van der Waals surface area contributed by atoms with Crippen LogP contribution in [0.4, 0.5) is 4.39 Å². The van der Waals surface area contributed by atoms with E-state index in [4.69, 9.17) is 9.94 Å². The zero-order valence-corrected chi connectivity index (χ0v) is 16.2. The topological polar surface area (TPSA) is 116 Å². The summed E-state index contributed by atoms with van der Waals surface area (Å²) >= 11 is 0. The van der Waals surface area contributed by atoms with Crippen LogP contribution >= 0.6 is 0 Å². The lowest BCUT2D eigenvalue weighted by atomic mass is 10.0.